The van der Waals surface area contributed by atoms with E-state index in [9.17, 15) is 15.0 Å². The van der Waals surface area contributed by atoms with E-state index in [1.54, 1.807) is 0 Å². The number of ether oxygens (including phenoxy) is 1. The van der Waals surface area contributed by atoms with Crippen LogP contribution in [-0.2, 0) is 9.53 Å². The molecular weight excluding hydrogens is 220 g/mol. The number of carbonyl (C=O) groups is 1. The average molecular weight is 244 g/mol. The van der Waals surface area contributed by atoms with E-state index >= 15 is 0 Å². The van der Waals surface area contributed by atoms with Crippen LogP contribution in [0.3, 0.4) is 0 Å². The minimum Gasteiger partial charge on any atom is -0.481 e. The van der Waals surface area contributed by atoms with Gasteiger partial charge in [-0.1, -0.05) is 13.8 Å². The van der Waals surface area contributed by atoms with E-state index in [2.05, 4.69) is 13.8 Å². The largest absolute Gasteiger partial charge is 0.481 e. The molecule has 0 amide bonds. The van der Waals surface area contributed by atoms with Crippen molar-refractivity contribution in [3.63, 3.8) is 0 Å². The number of hydrogen-bond donors (Lipinski definition) is 2. The Kier molecular flexibility index (Phi) is 4.55. The number of aliphatic carboxylic acids is 1. The van der Waals surface area contributed by atoms with Crippen LogP contribution in [0.1, 0.15) is 46.0 Å². The fourth-order valence-corrected chi connectivity index (χ4v) is 2.61. The maximum atomic E-state index is 11.5. The zero-order valence-electron chi connectivity index (χ0n) is 11.0. The Hall–Kier alpha value is -0.610. The molecule has 0 aromatic carbocycles. The summed E-state index contributed by atoms with van der Waals surface area (Å²) in [5.74, 6) is -0.775. The number of aliphatic hydroxyl groups is 1. The molecule has 0 bridgehead atoms. The van der Waals surface area contributed by atoms with Crippen LogP contribution in [0.4, 0.5) is 0 Å². The predicted octanol–water partition coefficient (Wildman–Crippen LogP) is 2.05. The second kappa shape index (κ2) is 5.36. The highest BCUT2D eigenvalue weighted by Crippen LogP contribution is 2.47. The van der Waals surface area contributed by atoms with E-state index in [0.717, 1.165) is 12.8 Å². The van der Waals surface area contributed by atoms with Crippen LogP contribution in [0.2, 0.25) is 0 Å². The lowest BCUT2D eigenvalue weighted by molar-refractivity contribution is -0.155. The smallest absolute Gasteiger partial charge is 0.309 e. The Balaban J connectivity index is 2.68. The Morgan fingerprint density at radius 2 is 1.82 bits per heavy atom. The highest BCUT2D eigenvalue weighted by atomic mass is 16.5. The van der Waals surface area contributed by atoms with Crippen molar-refractivity contribution >= 4 is 5.97 Å². The van der Waals surface area contributed by atoms with Gasteiger partial charge in [0, 0.05) is 7.11 Å². The quantitative estimate of drug-likeness (QED) is 0.776. The molecule has 1 saturated carbocycles. The van der Waals surface area contributed by atoms with Gasteiger partial charge >= 0.3 is 5.97 Å². The number of carboxylic acid groups (broad SMARTS) is 1. The van der Waals surface area contributed by atoms with Crippen LogP contribution in [0, 0.1) is 10.8 Å². The van der Waals surface area contributed by atoms with E-state index in [1.807, 2.05) is 0 Å². The monoisotopic (exact) mass is 244 g/mol. The predicted molar refractivity (Wildman–Crippen MR) is 64.8 cm³/mol. The van der Waals surface area contributed by atoms with Gasteiger partial charge in [0.15, 0.2) is 0 Å². The van der Waals surface area contributed by atoms with Gasteiger partial charge in [0.25, 0.3) is 0 Å². The molecule has 0 aromatic heterocycles. The van der Waals surface area contributed by atoms with Crippen LogP contribution >= 0.6 is 0 Å². The van der Waals surface area contributed by atoms with E-state index in [1.165, 1.54) is 7.11 Å². The summed E-state index contributed by atoms with van der Waals surface area (Å²) in [6, 6.07) is 0. The third-order valence-electron chi connectivity index (χ3n) is 4.00. The fraction of sp³-hybridized carbons (Fsp3) is 0.923. The van der Waals surface area contributed by atoms with E-state index in [-0.39, 0.29) is 12.0 Å². The number of aliphatic hydroxyl groups excluding tert-OH is 1. The molecule has 1 unspecified atom stereocenters. The number of carboxylic acids is 1. The topological polar surface area (TPSA) is 66.8 Å². The summed E-state index contributed by atoms with van der Waals surface area (Å²) in [4.78, 5) is 11.5. The van der Waals surface area contributed by atoms with Crippen molar-refractivity contribution < 1.29 is 19.7 Å². The van der Waals surface area contributed by atoms with Gasteiger partial charge < -0.3 is 14.9 Å². The second-order valence-electron chi connectivity index (χ2n) is 6.06. The van der Waals surface area contributed by atoms with Crippen LogP contribution < -0.4 is 0 Å². The van der Waals surface area contributed by atoms with Crippen LogP contribution in [0.5, 0.6) is 0 Å². The molecule has 0 spiro atoms. The molecular formula is C13H24O4. The number of rotatable bonds is 5. The van der Waals surface area contributed by atoms with Crippen molar-refractivity contribution in [2.45, 2.75) is 52.1 Å². The molecule has 4 heteroatoms. The highest BCUT2D eigenvalue weighted by molar-refractivity contribution is 5.74. The van der Waals surface area contributed by atoms with E-state index in [4.69, 9.17) is 4.74 Å². The summed E-state index contributed by atoms with van der Waals surface area (Å²) in [5, 5.41) is 19.2. The van der Waals surface area contributed by atoms with Crippen molar-refractivity contribution in [1.29, 1.82) is 0 Å². The normalized spacial score (nSPS) is 24.2. The van der Waals surface area contributed by atoms with Gasteiger partial charge in [-0.25, -0.2) is 0 Å². The Morgan fingerprint density at radius 1 is 1.29 bits per heavy atom. The Bertz CT molecular complexity index is 263. The van der Waals surface area contributed by atoms with Crippen molar-refractivity contribution in [1.82, 2.24) is 0 Å². The molecule has 100 valence electrons. The molecule has 1 aliphatic carbocycles. The lowest BCUT2D eigenvalue weighted by Gasteiger charge is -2.41. The van der Waals surface area contributed by atoms with Crippen molar-refractivity contribution in [2.75, 3.05) is 13.7 Å². The lowest BCUT2D eigenvalue weighted by atomic mass is 9.63. The number of methoxy groups -OCH3 is 1. The van der Waals surface area contributed by atoms with Gasteiger partial charge in [-0.2, -0.15) is 0 Å². The minimum atomic E-state index is -0.775. The molecule has 1 aliphatic rings. The summed E-state index contributed by atoms with van der Waals surface area (Å²) in [7, 11) is 1.51. The summed E-state index contributed by atoms with van der Waals surface area (Å²) in [6.07, 6.45) is 2.72. The van der Waals surface area contributed by atoms with Gasteiger partial charge in [-0.15, -0.1) is 0 Å². The molecule has 0 radical (unpaired) electrons. The molecule has 0 aliphatic heterocycles. The maximum absolute atomic E-state index is 11.5. The Morgan fingerprint density at radius 3 is 2.24 bits per heavy atom. The zero-order chi connectivity index (χ0) is 13.1. The highest BCUT2D eigenvalue weighted by Gasteiger charge is 2.45. The van der Waals surface area contributed by atoms with Gasteiger partial charge in [0.2, 0.25) is 0 Å². The minimum absolute atomic E-state index is 0.207. The summed E-state index contributed by atoms with van der Waals surface area (Å²) in [6.45, 7) is 4.55. The van der Waals surface area contributed by atoms with Gasteiger partial charge in [0.1, 0.15) is 0 Å². The first-order chi connectivity index (χ1) is 7.81. The van der Waals surface area contributed by atoms with Gasteiger partial charge in [-0.3, -0.25) is 4.79 Å². The first kappa shape index (κ1) is 14.5. The standard InChI is InChI=1S/C13H24O4/c1-12(2)4-6-13(7-5-12,11(15)16)8-10(14)9-17-3/h10,14H,4-9H2,1-3H3,(H,15,16). The molecule has 0 heterocycles. The van der Waals surface area contributed by atoms with Crippen molar-refractivity contribution in [3.8, 4) is 0 Å². The fourth-order valence-electron chi connectivity index (χ4n) is 2.61. The van der Waals surface area contributed by atoms with Crippen molar-refractivity contribution in [2.24, 2.45) is 10.8 Å². The van der Waals surface area contributed by atoms with E-state index < -0.39 is 17.5 Å². The summed E-state index contributed by atoms with van der Waals surface area (Å²) >= 11 is 0. The molecule has 0 aromatic rings. The molecule has 1 atom stereocenters. The molecule has 1 rings (SSSR count). The second-order valence-corrected chi connectivity index (χ2v) is 6.06. The molecule has 1 fully saturated rings. The summed E-state index contributed by atoms with van der Waals surface area (Å²) in [5.41, 5.74) is -0.529. The summed E-state index contributed by atoms with van der Waals surface area (Å²) < 4.78 is 4.87. The zero-order valence-corrected chi connectivity index (χ0v) is 11.0. The third kappa shape index (κ3) is 3.68. The third-order valence-corrected chi connectivity index (χ3v) is 4.00. The van der Waals surface area contributed by atoms with Gasteiger partial charge in [-0.05, 0) is 37.5 Å². The van der Waals surface area contributed by atoms with E-state index in [0.29, 0.717) is 19.3 Å². The Labute approximate surface area is 103 Å². The number of hydrogen-bond acceptors (Lipinski definition) is 3. The van der Waals surface area contributed by atoms with Crippen molar-refractivity contribution in [3.05, 3.63) is 0 Å². The molecule has 17 heavy (non-hydrogen) atoms. The lowest BCUT2D eigenvalue weighted by Crippen LogP contribution is -2.41. The van der Waals surface area contributed by atoms with Crippen LogP contribution in [0.25, 0.3) is 0 Å². The van der Waals surface area contributed by atoms with Gasteiger partial charge in [0.05, 0.1) is 18.1 Å². The van der Waals surface area contributed by atoms with Crippen LogP contribution in [-0.4, -0.2) is 36.0 Å². The first-order valence-corrected chi connectivity index (χ1v) is 6.22. The first-order valence-electron chi connectivity index (χ1n) is 6.22. The molecule has 0 saturated heterocycles. The maximum Gasteiger partial charge on any atom is 0.309 e. The average Bonchev–Trinajstić information content (AvgIpc) is 2.21. The van der Waals surface area contributed by atoms with Crippen LogP contribution in [0.15, 0.2) is 0 Å². The molecule has 2 N–H and O–H groups in total. The SMILES string of the molecule is COCC(O)CC1(C(=O)O)CCC(C)(C)CC1. The molecule has 4 nitrogen and oxygen atoms in total.